The van der Waals surface area contributed by atoms with Crippen LogP contribution in [-0.2, 0) is 11.3 Å². The first kappa shape index (κ1) is 19.0. The molecule has 6 nitrogen and oxygen atoms in total. The molecule has 0 aromatic carbocycles. The van der Waals surface area contributed by atoms with Crippen molar-refractivity contribution in [3.63, 3.8) is 0 Å². The quantitative estimate of drug-likeness (QED) is 0.838. The van der Waals surface area contributed by atoms with Crippen LogP contribution in [0.25, 0.3) is 5.65 Å². The van der Waals surface area contributed by atoms with E-state index in [4.69, 9.17) is 17.3 Å². The Morgan fingerprint density at radius 1 is 1.42 bits per heavy atom. The van der Waals surface area contributed by atoms with E-state index in [0.717, 1.165) is 43.8 Å². The number of nitrogens with zero attached hydrogens (tertiary/aromatic N) is 3. The zero-order chi connectivity index (χ0) is 16.2. The zero-order valence-corrected chi connectivity index (χ0v) is 15.0. The first-order valence-corrected chi connectivity index (χ1v) is 8.37. The molecule has 2 aromatic heterocycles. The smallest absolute Gasteiger partial charge is 0.224 e. The van der Waals surface area contributed by atoms with Crippen molar-refractivity contribution < 1.29 is 4.79 Å². The van der Waals surface area contributed by atoms with E-state index >= 15 is 0 Å². The van der Waals surface area contributed by atoms with Crippen molar-refractivity contribution in [2.24, 2.45) is 11.7 Å². The number of amides is 1. The fourth-order valence-electron chi connectivity index (χ4n) is 3.08. The van der Waals surface area contributed by atoms with E-state index in [2.05, 4.69) is 15.2 Å². The Kier molecular flexibility index (Phi) is 6.86. The Morgan fingerprint density at radius 3 is 3.04 bits per heavy atom. The number of rotatable bonds is 5. The summed E-state index contributed by atoms with van der Waals surface area (Å²) in [4.78, 5) is 19.0. The van der Waals surface area contributed by atoms with Gasteiger partial charge in [-0.05, 0) is 31.5 Å². The zero-order valence-electron chi connectivity index (χ0n) is 13.4. The molecule has 1 saturated heterocycles. The van der Waals surface area contributed by atoms with Crippen LogP contribution in [0.5, 0.6) is 0 Å². The summed E-state index contributed by atoms with van der Waals surface area (Å²) in [5, 5.41) is 3.58. The topological polar surface area (TPSA) is 75.7 Å². The molecule has 2 aromatic rings. The molecule has 0 spiro atoms. The normalized spacial score (nSPS) is 18.3. The number of piperidine rings is 1. The number of hydrogen-bond acceptors (Lipinski definition) is 4. The van der Waals surface area contributed by atoms with Gasteiger partial charge in [0.2, 0.25) is 5.91 Å². The van der Waals surface area contributed by atoms with E-state index in [1.165, 1.54) is 0 Å². The third kappa shape index (κ3) is 4.60. The van der Waals surface area contributed by atoms with Gasteiger partial charge in [0, 0.05) is 38.6 Å². The van der Waals surface area contributed by atoms with Gasteiger partial charge in [-0.25, -0.2) is 4.98 Å². The third-order valence-electron chi connectivity index (χ3n) is 4.17. The Hall–Kier alpha value is -1.34. The summed E-state index contributed by atoms with van der Waals surface area (Å²) < 4.78 is 1.94. The van der Waals surface area contributed by atoms with Crippen LogP contribution in [0.3, 0.4) is 0 Å². The summed E-state index contributed by atoms with van der Waals surface area (Å²) in [6, 6.07) is 3.75. The lowest BCUT2D eigenvalue weighted by atomic mass is 9.97. The summed E-state index contributed by atoms with van der Waals surface area (Å²) in [5.74, 6) is 0.156. The monoisotopic (exact) mass is 371 g/mol. The van der Waals surface area contributed by atoms with E-state index in [9.17, 15) is 4.79 Å². The fraction of sp³-hybridized carbons (Fsp3) is 0.500. The minimum Gasteiger partial charge on any atom is -0.355 e. The summed E-state index contributed by atoms with van der Waals surface area (Å²) in [6.45, 7) is 3.54. The Morgan fingerprint density at radius 2 is 2.25 bits per heavy atom. The molecule has 1 atom stereocenters. The summed E-state index contributed by atoms with van der Waals surface area (Å²) in [7, 11) is 0. The molecule has 24 heavy (non-hydrogen) atoms. The predicted octanol–water partition coefficient (Wildman–Crippen LogP) is 1.70. The molecule has 1 amide bonds. The molecular formula is C16H23Cl2N5O. The number of halogens is 2. The average Bonchev–Trinajstić information content (AvgIpc) is 2.94. The Balaban J connectivity index is 0.00000208. The first-order chi connectivity index (χ1) is 11.2. The molecular weight excluding hydrogens is 349 g/mol. The standard InChI is InChI=1S/C16H22ClN5O.ClH/c17-13-3-4-15-20-14(11-22(15)9-13)10-21-7-1-2-12(8-21)16(23)19-6-5-18;/h3-4,9,11-12H,1-2,5-8,10,18H2,(H,19,23);1H. The van der Waals surface area contributed by atoms with Crippen LogP contribution < -0.4 is 11.1 Å². The van der Waals surface area contributed by atoms with Crippen molar-refractivity contribution >= 4 is 35.6 Å². The molecule has 1 aliphatic rings. The number of hydrogen-bond donors (Lipinski definition) is 2. The number of nitrogens with two attached hydrogens (primary N) is 1. The summed E-state index contributed by atoms with van der Waals surface area (Å²) in [6.07, 6.45) is 5.82. The van der Waals surface area contributed by atoms with Crippen LogP contribution in [0, 0.1) is 5.92 Å². The van der Waals surface area contributed by atoms with Gasteiger partial charge in [0.1, 0.15) is 5.65 Å². The van der Waals surface area contributed by atoms with E-state index in [0.29, 0.717) is 18.1 Å². The molecule has 0 aliphatic carbocycles. The highest BCUT2D eigenvalue weighted by Crippen LogP contribution is 2.19. The molecule has 3 rings (SSSR count). The molecule has 3 N–H and O–H groups in total. The number of pyridine rings is 1. The molecule has 132 valence electrons. The van der Waals surface area contributed by atoms with Gasteiger partial charge in [-0.1, -0.05) is 11.6 Å². The van der Waals surface area contributed by atoms with Crippen LogP contribution in [0.15, 0.2) is 24.5 Å². The van der Waals surface area contributed by atoms with Crippen LogP contribution >= 0.6 is 24.0 Å². The number of aromatic nitrogens is 2. The molecule has 0 radical (unpaired) electrons. The molecule has 0 saturated carbocycles. The van der Waals surface area contributed by atoms with Crippen LogP contribution in [0.2, 0.25) is 5.02 Å². The maximum Gasteiger partial charge on any atom is 0.224 e. The van der Waals surface area contributed by atoms with Gasteiger partial charge in [-0.3, -0.25) is 9.69 Å². The third-order valence-corrected chi connectivity index (χ3v) is 4.39. The number of carbonyl (C=O) groups is 1. The van der Waals surface area contributed by atoms with Crippen molar-refractivity contribution in [2.45, 2.75) is 19.4 Å². The van der Waals surface area contributed by atoms with Gasteiger partial charge in [0.15, 0.2) is 0 Å². The molecule has 1 fully saturated rings. The van der Waals surface area contributed by atoms with Crippen LogP contribution in [0.1, 0.15) is 18.5 Å². The number of fused-ring (bicyclic) bond motifs is 1. The lowest BCUT2D eigenvalue weighted by molar-refractivity contribution is -0.126. The number of carbonyl (C=O) groups excluding carboxylic acids is 1. The maximum absolute atomic E-state index is 12.1. The van der Waals surface area contributed by atoms with Crippen LogP contribution in [-0.4, -0.2) is 46.4 Å². The lowest BCUT2D eigenvalue weighted by Gasteiger charge is -2.31. The first-order valence-electron chi connectivity index (χ1n) is 7.99. The minimum absolute atomic E-state index is 0. The van der Waals surface area contributed by atoms with Gasteiger partial charge >= 0.3 is 0 Å². The summed E-state index contributed by atoms with van der Waals surface area (Å²) >= 11 is 6.00. The van der Waals surface area contributed by atoms with Crippen molar-refractivity contribution in [3.8, 4) is 0 Å². The Labute approximate surface area is 152 Å². The van der Waals surface area contributed by atoms with Crippen molar-refractivity contribution in [3.05, 3.63) is 35.2 Å². The highest BCUT2D eigenvalue weighted by molar-refractivity contribution is 6.30. The van der Waals surface area contributed by atoms with Crippen molar-refractivity contribution in [1.29, 1.82) is 0 Å². The maximum atomic E-state index is 12.1. The number of imidazole rings is 1. The Bertz CT molecular complexity index is 690. The average molecular weight is 372 g/mol. The van der Waals surface area contributed by atoms with Crippen molar-refractivity contribution in [1.82, 2.24) is 19.6 Å². The highest BCUT2D eigenvalue weighted by atomic mass is 35.5. The van der Waals surface area contributed by atoms with Gasteiger partial charge in [-0.15, -0.1) is 12.4 Å². The predicted molar refractivity (Wildman–Crippen MR) is 97.5 cm³/mol. The molecule has 1 unspecified atom stereocenters. The summed E-state index contributed by atoms with van der Waals surface area (Å²) in [5.41, 5.74) is 7.32. The SMILES string of the molecule is Cl.NCCNC(=O)C1CCCN(Cc2cn3cc(Cl)ccc3n2)C1. The number of likely N-dealkylation sites (tertiary alicyclic amines) is 1. The minimum atomic E-state index is 0. The largest absolute Gasteiger partial charge is 0.355 e. The van der Waals surface area contributed by atoms with E-state index in [1.54, 1.807) is 0 Å². The van der Waals surface area contributed by atoms with Crippen molar-refractivity contribution in [2.75, 3.05) is 26.2 Å². The van der Waals surface area contributed by atoms with Gasteiger partial charge in [0.05, 0.1) is 16.6 Å². The highest BCUT2D eigenvalue weighted by Gasteiger charge is 2.25. The molecule has 3 heterocycles. The number of nitrogens with one attached hydrogen (secondary N) is 1. The van der Waals surface area contributed by atoms with Gasteiger partial charge in [-0.2, -0.15) is 0 Å². The molecule has 0 bridgehead atoms. The van der Waals surface area contributed by atoms with E-state index < -0.39 is 0 Å². The second-order valence-electron chi connectivity index (χ2n) is 6.00. The van der Waals surface area contributed by atoms with Crippen LogP contribution in [0.4, 0.5) is 0 Å². The van der Waals surface area contributed by atoms with E-state index in [-0.39, 0.29) is 24.2 Å². The molecule has 8 heteroatoms. The molecule has 1 aliphatic heterocycles. The van der Waals surface area contributed by atoms with E-state index in [1.807, 2.05) is 28.9 Å². The van der Waals surface area contributed by atoms with Gasteiger partial charge < -0.3 is 15.5 Å². The second kappa shape index (κ2) is 8.67. The fourth-order valence-corrected chi connectivity index (χ4v) is 3.24. The second-order valence-corrected chi connectivity index (χ2v) is 6.44. The lowest BCUT2D eigenvalue weighted by Crippen LogP contribution is -2.43. The van der Waals surface area contributed by atoms with Gasteiger partial charge in [0.25, 0.3) is 0 Å².